The molecule has 1 fully saturated rings. The number of para-hydroxylation sites is 1. The third-order valence-corrected chi connectivity index (χ3v) is 8.84. The van der Waals surface area contributed by atoms with Crippen LogP contribution in [0.3, 0.4) is 0 Å². The third-order valence-electron chi connectivity index (χ3n) is 8.59. The lowest BCUT2D eigenvalue weighted by atomic mass is 9.62. The number of anilines is 1. The Bertz CT molecular complexity index is 1850. The molecule has 7 rings (SSSR count). The summed E-state index contributed by atoms with van der Waals surface area (Å²) in [7, 11) is 0. The lowest BCUT2D eigenvalue weighted by Gasteiger charge is -2.38. The maximum atomic E-state index is 14.7. The second-order valence-electron chi connectivity index (χ2n) is 10.6. The van der Waals surface area contributed by atoms with Crippen LogP contribution >= 0.6 is 11.6 Å². The molecule has 0 aromatic heterocycles. The number of halogens is 1. The summed E-state index contributed by atoms with van der Waals surface area (Å²) in [4.78, 5) is 56.5. The molecule has 4 aromatic carbocycles. The first-order valence-corrected chi connectivity index (χ1v) is 13.7. The van der Waals surface area contributed by atoms with Crippen LogP contribution in [0.2, 0.25) is 5.02 Å². The Morgan fingerprint density at radius 2 is 1.62 bits per heavy atom. The number of fused-ring (bicyclic) bond motifs is 6. The summed E-state index contributed by atoms with van der Waals surface area (Å²) in [5.74, 6) is -2.46. The summed E-state index contributed by atoms with van der Waals surface area (Å²) in [5.41, 5.74) is 1.52. The standard InChI is InChI=1S/C33H22ClN3O5/c34-22-14-12-20(13-15-22)29(38)27-28(30(39)21-7-5-8-23(18-21)37(41)42)36-17-16-19-6-1-2-9-24(19)31(36)33(27)25-10-3-4-11-26(25)35-32(33)40/h1-18,27-28,31H,(H,35,40)/t27-,28+,31+,33+/m1/s1. The smallest absolute Gasteiger partial charge is 0.270 e. The van der Waals surface area contributed by atoms with Crippen molar-refractivity contribution < 1.29 is 19.3 Å². The summed E-state index contributed by atoms with van der Waals surface area (Å²) < 4.78 is 0. The number of hydrogen-bond donors (Lipinski definition) is 1. The zero-order valence-electron chi connectivity index (χ0n) is 21.9. The van der Waals surface area contributed by atoms with Crippen LogP contribution in [0.5, 0.6) is 0 Å². The summed E-state index contributed by atoms with van der Waals surface area (Å²) in [6.07, 6.45) is 3.62. The molecule has 0 saturated carbocycles. The predicted octanol–water partition coefficient (Wildman–Crippen LogP) is 6.23. The van der Waals surface area contributed by atoms with Crippen LogP contribution in [-0.4, -0.2) is 33.3 Å². The van der Waals surface area contributed by atoms with Crippen LogP contribution < -0.4 is 5.32 Å². The normalized spacial score (nSPS) is 23.2. The maximum absolute atomic E-state index is 14.7. The molecule has 0 bridgehead atoms. The first kappa shape index (κ1) is 25.9. The summed E-state index contributed by atoms with van der Waals surface area (Å²) in [6, 6.07) is 24.8. The van der Waals surface area contributed by atoms with Gasteiger partial charge < -0.3 is 10.2 Å². The molecule has 8 nitrogen and oxygen atoms in total. The molecule has 3 heterocycles. The van der Waals surface area contributed by atoms with Crippen molar-refractivity contribution in [3.63, 3.8) is 0 Å². The van der Waals surface area contributed by atoms with Crippen LogP contribution in [0.25, 0.3) is 6.08 Å². The Morgan fingerprint density at radius 1 is 0.881 bits per heavy atom. The topological polar surface area (TPSA) is 110 Å². The number of carbonyl (C=O) groups excluding carboxylic acids is 3. The first-order valence-electron chi connectivity index (χ1n) is 13.4. The highest BCUT2D eigenvalue weighted by atomic mass is 35.5. The van der Waals surface area contributed by atoms with E-state index < -0.39 is 39.9 Å². The molecule has 4 aromatic rings. The van der Waals surface area contributed by atoms with Gasteiger partial charge in [-0.25, -0.2) is 0 Å². The molecule has 0 aliphatic carbocycles. The van der Waals surface area contributed by atoms with Gasteiger partial charge >= 0.3 is 0 Å². The number of nitro groups is 1. The van der Waals surface area contributed by atoms with E-state index in [9.17, 15) is 24.5 Å². The Balaban J connectivity index is 1.53. The van der Waals surface area contributed by atoms with Gasteiger partial charge in [0, 0.05) is 40.2 Å². The van der Waals surface area contributed by atoms with Crippen molar-refractivity contribution in [2.45, 2.75) is 17.5 Å². The lowest BCUT2D eigenvalue weighted by molar-refractivity contribution is -0.384. The van der Waals surface area contributed by atoms with Crippen LogP contribution in [-0.2, 0) is 10.2 Å². The number of benzene rings is 4. The Labute approximate surface area is 245 Å². The number of rotatable bonds is 5. The van der Waals surface area contributed by atoms with Gasteiger partial charge in [-0.3, -0.25) is 24.5 Å². The first-order chi connectivity index (χ1) is 20.3. The quantitative estimate of drug-likeness (QED) is 0.172. The van der Waals surface area contributed by atoms with Gasteiger partial charge in [0.1, 0.15) is 11.5 Å². The number of ketones is 2. The highest BCUT2D eigenvalue weighted by Gasteiger charge is 2.70. The van der Waals surface area contributed by atoms with E-state index in [2.05, 4.69) is 5.32 Å². The molecule has 9 heteroatoms. The van der Waals surface area contributed by atoms with Crippen molar-refractivity contribution in [3.05, 3.63) is 146 Å². The van der Waals surface area contributed by atoms with Gasteiger partial charge in [-0.15, -0.1) is 0 Å². The zero-order chi connectivity index (χ0) is 29.2. The van der Waals surface area contributed by atoms with Crippen molar-refractivity contribution in [2.75, 3.05) is 5.32 Å². The van der Waals surface area contributed by atoms with Gasteiger partial charge in [0.2, 0.25) is 5.91 Å². The van der Waals surface area contributed by atoms with Crippen LogP contribution in [0.4, 0.5) is 11.4 Å². The zero-order valence-corrected chi connectivity index (χ0v) is 22.7. The second kappa shape index (κ2) is 9.49. The fourth-order valence-corrected chi connectivity index (χ4v) is 7.03. The SMILES string of the molecule is O=C(c1cccc([N+](=O)[O-])c1)[C@@H]1[C@H](C(=O)c2ccc(Cl)cc2)[C@]2(C(=O)Nc3ccccc32)[C@@H]2c3ccccc3C=CN12. The van der Waals surface area contributed by atoms with Gasteiger partial charge in [0.25, 0.3) is 5.69 Å². The number of nitrogens with one attached hydrogen (secondary N) is 1. The molecule has 1 spiro atoms. The van der Waals surface area contributed by atoms with Crippen molar-refractivity contribution >= 4 is 46.5 Å². The molecule has 1 amide bonds. The molecule has 0 radical (unpaired) electrons. The fraction of sp³-hybridized carbons (Fsp3) is 0.121. The molecule has 3 aliphatic rings. The molecule has 3 aliphatic heterocycles. The van der Waals surface area contributed by atoms with Crippen molar-refractivity contribution in [2.24, 2.45) is 5.92 Å². The summed E-state index contributed by atoms with van der Waals surface area (Å²) in [5, 5.41) is 15.0. The number of hydrogen-bond acceptors (Lipinski definition) is 6. The average molecular weight is 576 g/mol. The monoisotopic (exact) mass is 575 g/mol. The van der Waals surface area contributed by atoms with E-state index in [1.54, 1.807) is 47.5 Å². The highest BCUT2D eigenvalue weighted by Crippen LogP contribution is 2.62. The van der Waals surface area contributed by atoms with Crippen molar-refractivity contribution in [1.29, 1.82) is 0 Å². The van der Waals surface area contributed by atoms with Crippen LogP contribution in [0, 0.1) is 16.0 Å². The predicted molar refractivity (Wildman–Crippen MR) is 157 cm³/mol. The van der Waals surface area contributed by atoms with Gasteiger partial charge in [0.05, 0.1) is 16.9 Å². The van der Waals surface area contributed by atoms with E-state index >= 15 is 0 Å². The maximum Gasteiger partial charge on any atom is 0.270 e. The van der Waals surface area contributed by atoms with E-state index in [4.69, 9.17) is 11.6 Å². The molecule has 0 unspecified atom stereocenters. The third kappa shape index (κ3) is 3.58. The Morgan fingerprint density at radius 3 is 2.40 bits per heavy atom. The minimum atomic E-state index is -1.49. The van der Waals surface area contributed by atoms with E-state index in [-0.39, 0.29) is 17.2 Å². The van der Waals surface area contributed by atoms with Gasteiger partial charge in [0.15, 0.2) is 11.6 Å². The number of carbonyl (C=O) groups is 3. The minimum absolute atomic E-state index is 0.0813. The van der Waals surface area contributed by atoms with Crippen LogP contribution in [0.1, 0.15) is 43.4 Å². The fourth-order valence-electron chi connectivity index (χ4n) is 6.90. The highest BCUT2D eigenvalue weighted by molar-refractivity contribution is 6.30. The number of Topliss-reactive ketones (excluding diaryl/α,β-unsaturated/α-hetero) is 2. The van der Waals surface area contributed by atoms with Crippen molar-refractivity contribution in [1.82, 2.24) is 4.90 Å². The average Bonchev–Trinajstić information content (AvgIpc) is 3.49. The molecule has 1 saturated heterocycles. The molecular weight excluding hydrogens is 554 g/mol. The van der Waals surface area contributed by atoms with E-state index in [1.807, 2.05) is 42.5 Å². The largest absolute Gasteiger partial charge is 0.358 e. The van der Waals surface area contributed by atoms with Crippen molar-refractivity contribution in [3.8, 4) is 0 Å². The Hall–Kier alpha value is -5.08. The van der Waals surface area contributed by atoms with Gasteiger partial charge in [-0.1, -0.05) is 66.2 Å². The van der Waals surface area contributed by atoms with Crippen LogP contribution in [0.15, 0.2) is 103 Å². The minimum Gasteiger partial charge on any atom is -0.358 e. The number of non-ortho nitro benzene ring substituents is 1. The number of amides is 1. The molecule has 4 atom stereocenters. The van der Waals surface area contributed by atoms with Gasteiger partial charge in [-0.05, 0) is 53.1 Å². The molecular formula is C33H22ClN3O5. The van der Waals surface area contributed by atoms with Gasteiger partial charge in [-0.2, -0.15) is 0 Å². The summed E-state index contributed by atoms with van der Waals surface area (Å²) >= 11 is 6.14. The second-order valence-corrected chi connectivity index (χ2v) is 11.1. The number of nitro benzene ring substituents is 1. The lowest BCUT2D eigenvalue weighted by Crippen LogP contribution is -2.49. The molecule has 42 heavy (non-hydrogen) atoms. The molecule has 1 N–H and O–H groups in total. The number of nitrogens with zero attached hydrogens (tertiary/aromatic N) is 2. The summed E-state index contributed by atoms with van der Waals surface area (Å²) in [6.45, 7) is 0. The van der Waals surface area contributed by atoms with E-state index in [0.717, 1.165) is 11.1 Å². The molecule has 206 valence electrons. The van der Waals surface area contributed by atoms with E-state index in [1.165, 1.54) is 24.3 Å². The Kier molecular flexibility index (Phi) is 5.85. The van der Waals surface area contributed by atoms with E-state index in [0.29, 0.717) is 21.8 Å².